The van der Waals surface area contributed by atoms with Crippen LogP contribution in [0, 0.1) is 6.92 Å². The molecule has 0 bridgehead atoms. The number of nitrogens with one attached hydrogen (secondary N) is 1. The molecule has 102 valence electrons. The zero-order chi connectivity index (χ0) is 14.0. The van der Waals surface area contributed by atoms with E-state index < -0.39 is 0 Å². The Morgan fingerprint density at radius 2 is 2.05 bits per heavy atom. The van der Waals surface area contributed by atoms with Gasteiger partial charge in [0.1, 0.15) is 0 Å². The van der Waals surface area contributed by atoms with E-state index in [-0.39, 0.29) is 6.04 Å². The van der Waals surface area contributed by atoms with E-state index in [9.17, 15) is 0 Å². The maximum atomic E-state index is 6.05. The number of aryl methyl sites for hydroxylation is 1. The van der Waals surface area contributed by atoms with Gasteiger partial charge < -0.3 is 5.32 Å². The molecule has 1 unspecified atom stereocenters. The third kappa shape index (κ3) is 3.11. The number of halogens is 2. The van der Waals surface area contributed by atoms with Gasteiger partial charge >= 0.3 is 0 Å². The van der Waals surface area contributed by atoms with Crippen molar-refractivity contribution >= 4 is 23.2 Å². The highest BCUT2D eigenvalue weighted by molar-refractivity contribution is 6.42. The zero-order valence-corrected chi connectivity index (χ0v) is 12.8. The highest BCUT2D eigenvalue weighted by Crippen LogP contribution is 2.26. The molecule has 1 N–H and O–H groups in total. The fourth-order valence-corrected chi connectivity index (χ4v) is 2.45. The lowest BCUT2D eigenvalue weighted by atomic mass is 10.00. The summed E-state index contributed by atoms with van der Waals surface area (Å²) in [6.45, 7) is 2.07. The molecule has 0 saturated heterocycles. The predicted octanol–water partition coefficient (Wildman–Crippen LogP) is 3.54. The monoisotopic (exact) mass is 297 g/mol. The molecule has 5 heteroatoms. The molecule has 0 spiro atoms. The van der Waals surface area contributed by atoms with Gasteiger partial charge in [0.2, 0.25) is 0 Å². The van der Waals surface area contributed by atoms with E-state index in [2.05, 4.69) is 17.3 Å². The van der Waals surface area contributed by atoms with Gasteiger partial charge in [-0.2, -0.15) is 5.10 Å². The smallest absolute Gasteiger partial charge is 0.0595 e. The van der Waals surface area contributed by atoms with E-state index >= 15 is 0 Å². The van der Waals surface area contributed by atoms with Crippen molar-refractivity contribution in [3.63, 3.8) is 0 Å². The number of hydrogen-bond donors (Lipinski definition) is 1. The summed E-state index contributed by atoms with van der Waals surface area (Å²) < 4.78 is 1.88. The Morgan fingerprint density at radius 3 is 2.58 bits per heavy atom. The molecular formula is C14H17Cl2N3. The van der Waals surface area contributed by atoms with Crippen LogP contribution in [-0.2, 0) is 13.5 Å². The molecule has 2 rings (SSSR count). The van der Waals surface area contributed by atoms with E-state index in [4.69, 9.17) is 23.2 Å². The predicted molar refractivity (Wildman–Crippen MR) is 79.9 cm³/mol. The van der Waals surface area contributed by atoms with E-state index in [1.165, 1.54) is 11.3 Å². The number of hydrogen-bond acceptors (Lipinski definition) is 2. The standard InChI is InChI=1S/C14H17Cl2N3/c1-9-11(8-18-19(9)3)14(17-2)7-10-4-5-12(15)13(16)6-10/h4-6,8,14,17H,7H2,1-3H3. The van der Waals surface area contributed by atoms with Gasteiger partial charge in [-0.1, -0.05) is 29.3 Å². The van der Waals surface area contributed by atoms with Crippen LogP contribution in [0.2, 0.25) is 10.0 Å². The van der Waals surface area contributed by atoms with Gasteiger partial charge in [-0.15, -0.1) is 0 Å². The maximum absolute atomic E-state index is 6.05. The SMILES string of the molecule is CNC(Cc1ccc(Cl)c(Cl)c1)c1cnn(C)c1C. The van der Waals surface area contributed by atoms with Gasteiger partial charge in [-0.25, -0.2) is 0 Å². The summed E-state index contributed by atoms with van der Waals surface area (Å²) in [5.41, 5.74) is 3.52. The van der Waals surface area contributed by atoms with Crippen LogP contribution < -0.4 is 5.32 Å². The van der Waals surface area contributed by atoms with Gasteiger partial charge in [-0.3, -0.25) is 4.68 Å². The summed E-state index contributed by atoms with van der Waals surface area (Å²) in [5.74, 6) is 0. The summed E-state index contributed by atoms with van der Waals surface area (Å²) in [7, 11) is 3.90. The van der Waals surface area contributed by atoms with Crippen LogP contribution in [0.15, 0.2) is 24.4 Å². The largest absolute Gasteiger partial charge is 0.313 e. The van der Waals surface area contributed by atoms with Crippen molar-refractivity contribution < 1.29 is 0 Å². The number of nitrogens with zero attached hydrogens (tertiary/aromatic N) is 2. The Labute approximate surface area is 123 Å². The third-order valence-corrected chi connectivity index (χ3v) is 4.16. The Morgan fingerprint density at radius 1 is 1.32 bits per heavy atom. The molecule has 1 aromatic carbocycles. The first-order chi connectivity index (χ1) is 9.02. The molecule has 0 aliphatic rings. The van der Waals surface area contributed by atoms with Crippen molar-refractivity contribution in [2.45, 2.75) is 19.4 Å². The molecule has 0 radical (unpaired) electrons. The van der Waals surface area contributed by atoms with Crippen LogP contribution in [-0.4, -0.2) is 16.8 Å². The van der Waals surface area contributed by atoms with E-state index in [0.717, 1.165) is 12.0 Å². The lowest BCUT2D eigenvalue weighted by molar-refractivity contribution is 0.586. The van der Waals surface area contributed by atoms with Gasteiger partial charge in [0.05, 0.1) is 16.2 Å². The molecule has 0 amide bonds. The Balaban J connectivity index is 2.24. The van der Waals surface area contributed by atoms with Crippen LogP contribution in [0.5, 0.6) is 0 Å². The molecule has 0 aliphatic heterocycles. The molecular weight excluding hydrogens is 281 g/mol. The molecule has 3 nitrogen and oxygen atoms in total. The average molecular weight is 298 g/mol. The quantitative estimate of drug-likeness (QED) is 0.935. The number of aromatic nitrogens is 2. The molecule has 0 saturated carbocycles. The minimum absolute atomic E-state index is 0.214. The summed E-state index contributed by atoms with van der Waals surface area (Å²) >= 11 is 12.0. The highest BCUT2D eigenvalue weighted by atomic mass is 35.5. The number of likely N-dealkylation sites (N-methyl/N-ethyl adjacent to an activating group) is 1. The normalized spacial score (nSPS) is 12.7. The number of benzene rings is 1. The van der Waals surface area contributed by atoms with Crippen molar-refractivity contribution in [1.29, 1.82) is 0 Å². The van der Waals surface area contributed by atoms with Crippen LogP contribution in [0.3, 0.4) is 0 Å². The molecule has 0 fully saturated rings. The van der Waals surface area contributed by atoms with E-state index in [0.29, 0.717) is 10.0 Å². The highest BCUT2D eigenvalue weighted by Gasteiger charge is 2.16. The third-order valence-electron chi connectivity index (χ3n) is 3.42. The van der Waals surface area contributed by atoms with E-state index in [1.807, 2.05) is 43.2 Å². The molecule has 1 aromatic heterocycles. The molecule has 1 atom stereocenters. The second-order valence-electron chi connectivity index (χ2n) is 4.60. The molecule has 19 heavy (non-hydrogen) atoms. The second-order valence-corrected chi connectivity index (χ2v) is 5.42. The van der Waals surface area contributed by atoms with Gasteiger partial charge in [0, 0.05) is 24.3 Å². The second kappa shape index (κ2) is 5.95. The van der Waals surface area contributed by atoms with Crippen molar-refractivity contribution in [3.05, 3.63) is 51.3 Å². The van der Waals surface area contributed by atoms with Gasteiger partial charge in [0.25, 0.3) is 0 Å². The Hall–Kier alpha value is -1.03. The minimum atomic E-state index is 0.214. The Bertz CT molecular complexity index is 578. The lowest BCUT2D eigenvalue weighted by Crippen LogP contribution is -2.19. The van der Waals surface area contributed by atoms with Crippen molar-refractivity contribution in [1.82, 2.24) is 15.1 Å². The van der Waals surface area contributed by atoms with Crippen LogP contribution in [0.25, 0.3) is 0 Å². The van der Waals surface area contributed by atoms with Crippen LogP contribution in [0.4, 0.5) is 0 Å². The molecule has 2 aromatic rings. The average Bonchev–Trinajstić information content (AvgIpc) is 2.72. The van der Waals surface area contributed by atoms with Crippen molar-refractivity contribution in [2.24, 2.45) is 7.05 Å². The van der Waals surface area contributed by atoms with Crippen LogP contribution in [0.1, 0.15) is 22.9 Å². The lowest BCUT2D eigenvalue weighted by Gasteiger charge is -2.16. The minimum Gasteiger partial charge on any atom is -0.313 e. The first kappa shape index (κ1) is 14.4. The summed E-state index contributed by atoms with van der Waals surface area (Å²) in [5, 5.41) is 8.79. The summed E-state index contributed by atoms with van der Waals surface area (Å²) in [6, 6.07) is 5.97. The Kier molecular flexibility index (Phi) is 4.50. The summed E-state index contributed by atoms with van der Waals surface area (Å²) in [6.07, 6.45) is 2.76. The zero-order valence-electron chi connectivity index (χ0n) is 11.2. The first-order valence-electron chi connectivity index (χ1n) is 6.12. The fourth-order valence-electron chi connectivity index (χ4n) is 2.13. The topological polar surface area (TPSA) is 29.9 Å². The van der Waals surface area contributed by atoms with Gasteiger partial charge in [0.15, 0.2) is 0 Å². The maximum Gasteiger partial charge on any atom is 0.0595 e. The molecule has 1 heterocycles. The van der Waals surface area contributed by atoms with Crippen molar-refractivity contribution in [3.8, 4) is 0 Å². The fraction of sp³-hybridized carbons (Fsp3) is 0.357. The van der Waals surface area contributed by atoms with E-state index in [1.54, 1.807) is 0 Å². The van der Waals surface area contributed by atoms with Crippen LogP contribution >= 0.6 is 23.2 Å². The van der Waals surface area contributed by atoms with Gasteiger partial charge in [-0.05, 0) is 38.1 Å². The molecule has 0 aliphatic carbocycles. The summed E-state index contributed by atoms with van der Waals surface area (Å²) in [4.78, 5) is 0. The van der Waals surface area contributed by atoms with Crippen molar-refractivity contribution in [2.75, 3.05) is 7.05 Å². The first-order valence-corrected chi connectivity index (χ1v) is 6.88. The number of rotatable bonds is 4.